The second kappa shape index (κ2) is 15.9. The van der Waals surface area contributed by atoms with Gasteiger partial charge in [-0.05, 0) is 50.3 Å². The van der Waals surface area contributed by atoms with Crippen molar-refractivity contribution in [3.8, 4) is 0 Å². The van der Waals surface area contributed by atoms with Gasteiger partial charge in [0.2, 0.25) is 23.5 Å². The molecular formula is C37H41N5O7S. The minimum absolute atomic E-state index is 0.0568. The molecule has 3 amide bonds. The lowest BCUT2D eigenvalue weighted by Gasteiger charge is -2.26. The molecule has 262 valence electrons. The molecule has 2 aliphatic rings. The van der Waals surface area contributed by atoms with E-state index >= 15 is 0 Å². The summed E-state index contributed by atoms with van der Waals surface area (Å²) in [4.78, 5) is 77.0. The molecule has 0 aliphatic carbocycles. The number of amides is 3. The van der Waals surface area contributed by atoms with E-state index in [9.17, 15) is 24.0 Å². The number of carbonyl (C=O) groups excluding carboxylic acids is 5. The third-order valence-electron chi connectivity index (χ3n) is 9.39. The van der Waals surface area contributed by atoms with Gasteiger partial charge < -0.3 is 25.1 Å². The summed E-state index contributed by atoms with van der Waals surface area (Å²) in [6.07, 6.45) is 1.22. The van der Waals surface area contributed by atoms with Gasteiger partial charge in [-0.2, -0.15) is 0 Å². The van der Waals surface area contributed by atoms with Crippen LogP contribution in [0.1, 0.15) is 58.4 Å². The van der Waals surface area contributed by atoms with Crippen molar-refractivity contribution in [3.05, 3.63) is 82.5 Å². The monoisotopic (exact) mass is 699 g/mol. The van der Waals surface area contributed by atoms with Crippen LogP contribution < -0.4 is 16.0 Å². The van der Waals surface area contributed by atoms with E-state index in [-0.39, 0.29) is 60.0 Å². The Morgan fingerprint density at radius 2 is 1.78 bits per heavy atom. The van der Waals surface area contributed by atoms with E-state index in [4.69, 9.17) is 9.15 Å². The number of aromatic nitrogens is 2. The summed E-state index contributed by atoms with van der Waals surface area (Å²) in [5, 5.41) is 8.90. The van der Waals surface area contributed by atoms with E-state index in [0.717, 1.165) is 10.3 Å². The number of oxazole rings is 1. The zero-order chi connectivity index (χ0) is 35.2. The number of rotatable bonds is 15. The van der Waals surface area contributed by atoms with Crippen LogP contribution in [0.15, 0.2) is 59.0 Å². The Balaban J connectivity index is 1.24. The Kier molecular flexibility index (Phi) is 11.1. The summed E-state index contributed by atoms with van der Waals surface area (Å²) in [6.45, 7) is 4.70. The van der Waals surface area contributed by atoms with E-state index < -0.39 is 29.8 Å². The summed E-state index contributed by atoms with van der Waals surface area (Å²) in [7, 11) is 0. The maximum atomic E-state index is 14.2. The van der Waals surface area contributed by atoms with Gasteiger partial charge in [-0.1, -0.05) is 42.5 Å². The minimum atomic E-state index is -1.03. The zero-order valence-corrected chi connectivity index (χ0v) is 28.9. The number of hydrogen-bond donors (Lipinski definition) is 3. The number of para-hydroxylation sites is 1. The number of Topliss-reactive ketones (excluding diaryl/α,β-unsaturated/α-hetero) is 2. The van der Waals surface area contributed by atoms with Crippen molar-refractivity contribution < 1.29 is 33.1 Å². The number of nitrogens with one attached hydrogen (secondary N) is 3. The summed E-state index contributed by atoms with van der Waals surface area (Å²) in [5.74, 6) is -2.31. The fourth-order valence-electron chi connectivity index (χ4n) is 6.72. The molecule has 3 N–H and O–H groups in total. The molecule has 2 aromatic carbocycles. The molecule has 0 saturated carbocycles. The van der Waals surface area contributed by atoms with Crippen LogP contribution in [-0.2, 0) is 36.8 Å². The second-order valence-electron chi connectivity index (χ2n) is 13.1. The van der Waals surface area contributed by atoms with Crippen molar-refractivity contribution in [1.82, 2.24) is 25.9 Å². The standard InChI is InChI=1S/C37H41N5O7S/c1-21-28(39-22(2)49-21)19-32(44)42-33(25-13-15-48-20-25)30(43)18-26(16-23-8-4-3-5-9-23)36(47)40-29(17-24-12-14-38-35(24)46)34(45)37-41-27-10-6-7-11-31(27)50-37/h3-11,24-26,29,33H,12-20H2,1-2H3,(H,38,46)(H,40,47)(H,42,44)/t24-,25?,26+,29-,33-/m0/s1. The Bertz CT molecular complexity index is 1830. The SMILES string of the molecule is Cc1nc(CC(=O)N[C@H](C(=O)C[C@@H](Cc2ccccc2)C(=O)N[C@@H](C[C@@H]2CCNC2=O)C(=O)c2nc3ccccc3s2)C2CCOC2)c(C)o1. The number of ketones is 2. The topological polar surface area (TPSA) is 170 Å². The smallest absolute Gasteiger partial charge is 0.226 e. The molecule has 1 unspecified atom stereocenters. The van der Waals surface area contributed by atoms with Crippen molar-refractivity contribution in [1.29, 1.82) is 0 Å². The lowest BCUT2D eigenvalue weighted by atomic mass is 9.86. The van der Waals surface area contributed by atoms with E-state index in [1.807, 2.05) is 54.6 Å². The van der Waals surface area contributed by atoms with Gasteiger partial charge in [0, 0.05) is 44.2 Å². The van der Waals surface area contributed by atoms with Gasteiger partial charge in [-0.3, -0.25) is 24.0 Å². The highest BCUT2D eigenvalue weighted by molar-refractivity contribution is 7.20. The van der Waals surface area contributed by atoms with Crippen molar-refractivity contribution in [3.63, 3.8) is 0 Å². The lowest BCUT2D eigenvalue weighted by Crippen LogP contribution is -2.49. The van der Waals surface area contributed by atoms with Gasteiger partial charge in [0.1, 0.15) is 5.76 Å². The number of benzene rings is 2. The first-order chi connectivity index (χ1) is 24.1. The molecule has 2 fully saturated rings. The minimum Gasteiger partial charge on any atom is -0.446 e. The van der Waals surface area contributed by atoms with Crippen LogP contribution in [0.3, 0.4) is 0 Å². The van der Waals surface area contributed by atoms with Gasteiger partial charge in [0.05, 0.1) is 41.0 Å². The first-order valence-electron chi connectivity index (χ1n) is 17.0. The van der Waals surface area contributed by atoms with Gasteiger partial charge in [-0.15, -0.1) is 11.3 Å². The third kappa shape index (κ3) is 8.51. The molecule has 0 radical (unpaired) electrons. The third-order valence-corrected chi connectivity index (χ3v) is 10.4. The lowest BCUT2D eigenvalue weighted by molar-refractivity contribution is -0.133. The highest BCUT2D eigenvalue weighted by Crippen LogP contribution is 2.27. The van der Waals surface area contributed by atoms with Gasteiger partial charge in [0.25, 0.3) is 0 Å². The van der Waals surface area contributed by atoms with Crippen LogP contribution in [0.2, 0.25) is 0 Å². The van der Waals surface area contributed by atoms with Crippen LogP contribution in [0.25, 0.3) is 10.2 Å². The maximum Gasteiger partial charge on any atom is 0.226 e. The Hall–Kier alpha value is -4.75. The van der Waals surface area contributed by atoms with Crippen LogP contribution in [0, 0.1) is 31.6 Å². The molecule has 12 nitrogen and oxygen atoms in total. The molecule has 13 heteroatoms. The van der Waals surface area contributed by atoms with E-state index in [1.165, 1.54) is 11.3 Å². The summed E-state index contributed by atoms with van der Waals surface area (Å²) in [5.41, 5.74) is 2.01. The number of hydrogen-bond acceptors (Lipinski definition) is 10. The number of carbonyl (C=O) groups is 5. The maximum absolute atomic E-state index is 14.2. The Labute approximate surface area is 293 Å². The molecule has 2 saturated heterocycles. The fourth-order valence-corrected chi connectivity index (χ4v) is 7.68. The zero-order valence-electron chi connectivity index (χ0n) is 28.1. The molecule has 4 aromatic rings. The average Bonchev–Trinajstić information content (AvgIpc) is 3.92. The van der Waals surface area contributed by atoms with Crippen LogP contribution in [-0.4, -0.2) is 71.1 Å². The summed E-state index contributed by atoms with van der Waals surface area (Å²) in [6, 6.07) is 14.8. The van der Waals surface area contributed by atoms with Gasteiger partial charge >= 0.3 is 0 Å². The van der Waals surface area contributed by atoms with E-state index in [0.29, 0.717) is 55.5 Å². The van der Waals surface area contributed by atoms with Crippen molar-refractivity contribution in [2.45, 2.75) is 64.5 Å². The number of ether oxygens (including phenoxy) is 1. The average molecular weight is 700 g/mol. The summed E-state index contributed by atoms with van der Waals surface area (Å²) >= 11 is 1.24. The van der Waals surface area contributed by atoms with Gasteiger partial charge in [-0.25, -0.2) is 9.97 Å². The second-order valence-corrected chi connectivity index (χ2v) is 14.1. The van der Waals surface area contributed by atoms with Crippen LogP contribution in [0.4, 0.5) is 0 Å². The molecule has 0 spiro atoms. The van der Waals surface area contributed by atoms with Gasteiger partial charge in [0.15, 0.2) is 16.7 Å². The largest absolute Gasteiger partial charge is 0.446 e. The quantitative estimate of drug-likeness (QED) is 0.157. The predicted octanol–water partition coefficient (Wildman–Crippen LogP) is 3.68. The first-order valence-corrected chi connectivity index (χ1v) is 17.8. The molecule has 5 atom stereocenters. The number of aryl methyl sites for hydroxylation is 2. The highest BCUT2D eigenvalue weighted by atomic mass is 32.1. The van der Waals surface area contributed by atoms with E-state index in [2.05, 4.69) is 25.9 Å². The number of nitrogens with zero attached hydrogens (tertiary/aromatic N) is 2. The van der Waals surface area contributed by atoms with Crippen molar-refractivity contribution in [2.24, 2.45) is 17.8 Å². The highest BCUT2D eigenvalue weighted by Gasteiger charge is 2.38. The fraction of sp³-hybridized carbons (Fsp3) is 0.432. The summed E-state index contributed by atoms with van der Waals surface area (Å²) < 4.78 is 11.9. The molecule has 2 aromatic heterocycles. The predicted molar refractivity (Wildman–Crippen MR) is 185 cm³/mol. The first kappa shape index (κ1) is 35.1. The number of fused-ring (bicyclic) bond motifs is 1. The van der Waals surface area contributed by atoms with Crippen LogP contribution >= 0.6 is 11.3 Å². The Morgan fingerprint density at radius 3 is 2.46 bits per heavy atom. The van der Waals surface area contributed by atoms with E-state index in [1.54, 1.807) is 13.8 Å². The van der Waals surface area contributed by atoms with Crippen molar-refractivity contribution >= 4 is 50.8 Å². The number of thiazole rings is 1. The normalized spacial score (nSPS) is 19.1. The molecule has 50 heavy (non-hydrogen) atoms. The Morgan fingerprint density at radius 1 is 1.00 bits per heavy atom. The van der Waals surface area contributed by atoms with Crippen molar-refractivity contribution in [2.75, 3.05) is 19.8 Å². The molecule has 4 heterocycles. The molecular weight excluding hydrogens is 659 g/mol. The molecule has 0 bridgehead atoms. The molecule has 6 rings (SSSR count). The van der Waals surface area contributed by atoms with Crippen LogP contribution in [0.5, 0.6) is 0 Å². The molecule has 2 aliphatic heterocycles.